The summed E-state index contributed by atoms with van der Waals surface area (Å²) in [7, 11) is 0. The van der Waals surface area contributed by atoms with Gasteiger partial charge in [-0.25, -0.2) is 14.8 Å². The molecule has 0 atom stereocenters. The van der Waals surface area contributed by atoms with Gasteiger partial charge < -0.3 is 14.5 Å². The van der Waals surface area contributed by atoms with E-state index in [4.69, 9.17) is 4.74 Å². The van der Waals surface area contributed by atoms with E-state index in [0.29, 0.717) is 44.1 Å². The number of amides is 1. The van der Waals surface area contributed by atoms with Gasteiger partial charge in [0.2, 0.25) is 0 Å². The van der Waals surface area contributed by atoms with Crippen molar-refractivity contribution in [2.45, 2.75) is 27.2 Å². The van der Waals surface area contributed by atoms with Crippen LogP contribution < -0.4 is 4.90 Å². The van der Waals surface area contributed by atoms with Crippen molar-refractivity contribution < 1.29 is 19.2 Å². The first kappa shape index (κ1) is 22.1. The SMILES string of the molecule is CCOC(=O)c1c(CC)nc(C)nc1C(=O)N1CCN(c2ccc([N+](=O)[O-])cc2)CC1. The summed E-state index contributed by atoms with van der Waals surface area (Å²) in [6, 6.07) is 6.34. The second-order valence-electron chi connectivity index (χ2n) is 7.07. The molecule has 10 heteroatoms. The molecule has 1 aromatic carbocycles. The summed E-state index contributed by atoms with van der Waals surface area (Å²) >= 11 is 0. The Kier molecular flexibility index (Phi) is 6.78. The number of ether oxygens (including phenoxy) is 1. The number of hydrogen-bond donors (Lipinski definition) is 0. The van der Waals surface area contributed by atoms with E-state index < -0.39 is 10.9 Å². The molecule has 31 heavy (non-hydrogen) atoms. The minimum Gasteiger partial charge on any atom is -0.462 e. The number of aryl methyl sites for hydroxylation is 2. The van der Waals surface area contributed by atoms with Crippen molar-refractivity contribution in [1.29, 1.82) is 0 Å². The topological polar surface area (TPSA) is 119 Å². The number of nitro benzene ring substituents is 1. The number of rotatable bonds is 6. The molecule has 1 aliphatic rings. The van der Waals surface area contributed by atoms with E-state index in [-0.39, 0.29) is 29.5 Å². The number of aromatic nitrogens is 2. The van der Waals surface area contributed by atoms with Crippen molar-refractivity contribution in [3.8, 4) is 0 Å². The molecule has 1 fully saturated rings. The number of piperazine rings is 1. The van der Waals surface area contributed by atoms with Gasteiger partial charge in [-0.3, -0.25) is 14.9 Å². The molecule has 0 spiro atoms. The zero-order valence-electron chi connectivity index (χ0n) is 17.8. The number of benzene rings is 1. The van der Waals surface area contributed by atoms with Crippen molar-refractivity contribution in [2.24, 2.45) is 0 Å². The quantitative estimate of drug-likeness (QED) is 0.392. The monoisotopic (exact) mass is 427 g/mol. The average Bonchev–Trinajstić information content (AvgIpc) is 2.78. The fraction of sp³-hybridized carbons (Fsp3) is 0.429. The number of nitro groups is 1. The van der Waals surface area contributed by atoms with Crippen LogP contribution in [0.1, 0.15) is 46.2 Å². The maximum atomic E-state index is 13.2. The lowest BCUT2D eigenvalue weighted by atomic mass is 10.1. The molecule has 0 aliphatic carbocycles. The molecule has 0 radical (unpaired) electrons. The van der Waals surface area contributed by atoms with Crippen LogP contribution in [-0.4, -0.2) is 64.5 Å². The summed E-state index contributed by atoms with van der Waals surface area (Å²) in [5, 5.41) is 10.8. The van der Waals surface area contributed by atoms with E-state index in [9.17, 15) is 19.7 Å². The molecule has 3 rings (SSSR count). The maximum absolute atomic E-state index is 13.2. The van der Waals surface area contributed by atoms with Crippen molar-refractivity contribution in [3.63, 3.8) is 0 Å². The standard InChI is InChI=1S/C21H25N5O5/c1-4-17-18(21(28)31-5-2)19(23-14(3)22-17)20(27)25-12-10-24(11-13-25)15-6-8-16(9-7-15)26(29)30/h6-9H,4-5,10-13H2,1-3H3. The summed E-state index contributed by atoms with van der Waals surface area (Å²) in [5.41, 5.74) is 1.61. The third-order valence-corrected chi connectivity index (χ3v) is 5.11. The molecule has 2 aromatic rings. The minimum absolute atomic E-state index is 0.0370. The molecule has 1 amide bonds. The van der Waals surface area contributed by atoms with Crippen molar-refractivity contribution in [3.05, 3.63) is 57.2 Å². The van der Waals surface area contributed by atoms with Crippen LogP contribution >= 0.6 is 0 Å². The van der Waals surface area contributed by atoms with Crippen LogP contribution in [0.2, 0.25) is 0 Å². The lowest BCUT2D eigenvalue weighted by Gasteiger charge is -2.36. The van der Waals surface area contributed by atoms with Crippen LogP contribution in [-0.2, 0) is 11.2 Å². The predicted octanol–water partition coefficient (Wildman–Crippen LogP) is 2.39. The first-order chi connectivity index (χ1) is 14.8. The van der Waals surface area contributed by atoms with Crippen LogP contribution in [0.5, 0.6) is 0 Å². The summed E-state index contributed by atoms with van der Waals surface area (Å²) in [6.45, 7) is 7.44. The second-order valence-corrected chi connectivity index (χ2v) is 7.07. The number of carbonyl (C=O) groups excluding carboxylic acids is 2. The molecule has 1 saturated heterocycles. The summed E-state index contributed by atoms with van der Waals surface area (Å²) in [4.78, 5) is 48.5. The van der Waals surface area contributed by atoms with Gasteiger partial charge in [-0.1, -0.05) is 6.92 Å². The third kappa shape index (κ3) is 4.79. The number of nitrogens with zero attached hydrogens (tertiary/aromatic N) is 5. The van der Waals surface area contributed by atoms with Crippen LogP contribution in [0.25, 0.3) is 0 Å². The fourth-order valence-electron chi connectivity index (χ4n) is 3.56. The van der Waals surface area contributed by atoms with Gasteiger partial charge in [-0.05, 0) is 32.4 Å². The van der Waals surface area contributed by atoms with Crippen molar-refractivity contribution in [2.75, 3.05) is 37.7 Å². The van der Waals surface area contributed by atoms with Crippen LogP contribution in [0, 0.1) is 17.0 Å². The number of carbonyl (C=O) groups is 2. The zero-order chi connectivity index (χ0) is 22.5. The Bertz CT molecular complexity index is 984. The number of non-ortho nitro benzene ring substituents is 1. The molecule has 0 bridgehead atoms. The fourth-order valence-corrected chi connectivity index (χ4v) is 3.56. The highest BCUT2D eigenvalue weighted by atomic mass is 16.6. The summed E-state index contributed by atoms with van der Waals surface area (Å²) in [5.74, 6) is -0.489. The van der Waals surface area contributed by atoms with E-state index in [1.165, 1.54) is 12.1 Å². The molecule has 1 aliphatic heterocycles. The van der Waals surface area contributed by atoms with Crippen LogP contribution in [0.3, 0.4) is 0 Å². The highest BCUT2D eigenvalue weighted by molar-refractivity contribution is 6.04. The Balaban J connectivity index is 1.78. The first-order valence-corrected chi connectivity index (χ1v) is 10.2. The second kappa shape index (κ2) is 9.50. The van der Waals surface area contributed by atoms with E-state index in [2.05, 4.69) is 14.9 Å². The van der Waals surface area contributed by atoms with Crippen molar-refractivity contribution >= 4 is 23.3 Å². The van der Waals surface area contributed by atoms with E-state index in [0.717, 1.165) is 5.69 Å². The molecule has 0 unspecified atom stereocenters. The molecule has 2 heterocycles. The van der Waals surface area contributed by atoms with Gasteiger partial charge >= 0.3 is 5.97 Å². The van der Waals surface area contributed by atoms with Gasteiger partial charge in [-0.2, -0.15) is 0 Å². The lowest BCUT2D eigenvalue weighted by Crippen LogP contribution is -2.49. The highest BCUT2D eigenvalue weighted by Crippen LogP contribution is 2.22. The Labute approximate surface area is 180 Å². The Morgan fingerprint density at radius 1 is 1.10 bits per heavy atom. The highest BCUT2D eigenvalue weighted by Gasteiger charge is 2.30. The Morgan fingerprint density at radius 2 is 1.74 bits per heavy atom. The largest absolute Gasteiger partial charge is 0.462 e. The molecule has 0 saturated carbocycles. The average molecular weight is 427 g/mol. The molecular weight excluding hydrogens is 402 g/mol. The summed E-state index contributed by atoms with van der Waals surface area (Å²) < 4.78 is 5.14. The Hall–Kier alpha value is -3.56. The van der Waals surface area contributed by atoms with Crippen molar-refractivity contribution in [1.82, 2.24) is 14.9 Å². The van der Waals surface area contributed by atoms with E-state index >= 15 is 0 Å². The Morgan fingerprint density at radius 3 is 2.29 bits per heavy atom. The number of hydrogen-bond acceptors (Lipinski definition) is 8. The maximum Gasteiger partial charge on any atom is 0.342 e. The molecule has 0 N–H and O–H groups in total. The van der Waals surface area contributed by atoms with Gasteiger partial charge in [0.25, 0.3) is 11.6 Å². The van der Waals surface area contributed by atoms with Gasteiger partial charge in [0.15, 0.2) is 0 Å². The lowest BCUT2D eigenvalue weighted by molar-refractivity contribution is -0.384. The normalized spacial score (nSPS) is 13.8. The van der Waals surface area contributed by atoms with Crippen LogP contribution in [0.4, 0.5) is 11.4 Å². The predicted molar refractivity (Wildman–Crippen MR) is 113 cm³/mol. The van der Waals surface area contributed by atoms with Gasteiger partial charge in [0, 0.05) is 44.0 Å². The minimum atomic E-state index is -0.591. The smallest absolute Gasteiger partial charge is 0.342 e. The van der Waals surface area contributed by atoms with E-state index in [1.807, 2.05) is 6.92 Å². The first-order valence-electron chi connectivity index (χ1n) is 10.2. The van der Waals surface area contributed by atoms with Gasteiger partial charge in [0.05, 0.1) is 17.2 Å². The molecule has 10 nitrogen and oxygen atoms in total. The number of anilines is 1. The van der Waals surface area contributed by atoms with Gasteiger partial charge in [0.1, 0.15) is 17.1 Å². The molecule has 1 aromatic heterocycles. The number of esters is 1. The third-order valence-electron chi connectivity index (χ3n) is 5.11. The van der Waals surface area contributed by atoms with Crippen LogP contribution in [0.15, 0.2) is 24.3 Å². The van der Waals surface area contributed by atoms with E-state index in [1.54, 1.807) is 30.9 Å². The molecular formula is C21H25N5O5. The summed E-state index contributed by atoms with van der Waals surface area (Å²) in [6.07, 6.45) is 0.478. The molecule has 164 valence electrons. The zero-order valence-corrected chi connectivity index (χ0v) is 17.8. The van der Waals surface area contributed by atoms with Gasteiger partial charge in [-0.15, -0.1) is 0 Å².